The van der Waals surface area contributed by atoms with Crippen LogP contribution in [0.1, 0.15) is 31.4 Å². The van der Waals surface area contributed by atoms with E-state index < -0.39 is 34.6 Å². The lowest BCUT2D eigenvalue weighted by Crippen LogP contribution is -2.56. The number of allylic oxidation sites excluding steroid dienone is 2. The minimum atomic E-state index is -4.56. The first kappa shape index (κ1) is 26.6. The molecule has 3 aromatic heterocycles. The van der Waals surface area contributed by atoms with Gasteiger partial charge in [-0.1, -0.05) is 6.08 Å². The van der Waals surface area contributed by atoms with Crippen LogP contribution in [-0.4, -0.2) is 41.0 Å². The van der Waals surface area contributed by atoms with Crippen LogP contribution in [0.15, 0.2) is 52.6 Å². The fourth-order valence-electron chi connectivity index (χ4n) is 4.08. The molecule has 0 aromatic carbocycles. The van der Waals surface area contributed by atoms with Crippen molar-refractivity contribution in [3.63, 3.8) is 0 Å². The smallest absolute Gasteiger partial charge is 0.359 e. The number of aromatic nitrogens is 5. The summed E-state index contributed by atoms with van der Waals surface area (Å²) in [5.74, 6) is -0.738. The van der Waals surface area contributed by atoms with Crippen molar-refractivity contribution in [2.75, 3.05) is 0 Å². The van der Waals surface area contributed by atoms with Crippen LogP contribution in [0.3, 0.4) is 0 Å². The van der Waals surface area contributed by atoms with E-state index in [-0.39, 0.29) is 42.0 Å². The Kier molecular flexibility index (Phi) is 6.82. The first-order valence-electron chi connectivity index (χ1n) is 11.4. The standard InChI is InChI=1S/C24H24F3N7O4/c1-14(35)6-8-34-21(37)19-20(32(3)22(34)38)29-13-33(19)12-18(36)31-23(2)7-4-5-17(30-23)15-9-16(11-28-10-15)24(25,26)27/h4-5,7,9-11,13,30H,6,8,12H2,1-3H3,(H,31,36). The first-order valence-corrected chi connectivity index (χ1v) is 11.4. The van der Waals surface area contributed by atoms with Crippen molar-refractivity contribution in [3.05, 3.63) is 75.0 Å². The van der Waals surface area contributed by atoms with Crippen LogP contribution < -0.4 is 21.9 Å². The van der Waals surface area contributed by atoms with E-state index >= 15 is 0 Å². The molecular weight excluding hydrogens is 507 g/mol. The summed E-state index contributed by atoms with van der Waals surface area (Å²) in [6.07, 6.45) is 3.43. The van der Waals surface area contributed by atoms with E-state index in [1.54, 1.807) is 25.2 Å². The number of carbonyl (C=O) groups excluding carboxylic acids is 2. The topological polar surface area (TPSA) is 133 Å². The average Bonchev–Trinajstić information content (AvgIpc) is 3.25. The predicted octanol–water partition coefficient (Wildman–Crippen LogP) is 1.32. The zero-order valence-electron chi connectivity index (χ0n) is 20.7. The third-order valence-corrected chi connectivity index (χ3v) is 5.97. The maximum absolute atomic E-state index is 13.1. The summed E-state index contributed by atoms with van der Waals surface area (Å²) in [6.45, 7) is 2.51. The number of rotatable bonds is 7. The Morgan fingerprint density at radius 3 is 2.63 bits per heavy atom. The van der Waals surface area contributed by atoms with Gasteiger partial charge in [0.05, 0.1) is 11.9 Å². The lowest BCUT2D eigenvalue weighted by atomic mass is 10.0. The number of alkyl halides is 3. The molecule has 38 heavy (non-hydrogen) atoms. The van der Waals surface area contributed by atoms with Crippen LogP contribution in [0.25, 0.3) is 16.9 Å². The van der Waals surface area contributed by atoms with Gasteiger partial charge < -0.3 is 15.2 Å². The monoisotopic (exact) mass is 531 g/mol. The number of nitrogens with zero attached hydrogens (tertiary/aromatic N) is 5. The third kappa shape index (κ3) is 5.28. The molecule has 0 bridgehead atoms. The molecule has 0 saturated heterocycles. The molecule has 1 atom stereocenters. The summed E-state index contributed by atoms with van der Waals surface area (Å²) in [5, 5.41) is 5.76. The highest BCUT2D eigenvalue weighted by atomic mass is 19.4. The zero-order valence-corrected chi connectivity index (χ0v) is 20.7. The summed E-state index contributed by atoms with van der Waals surface area (Å²) in [5.41, 5.74) is -2.82. The van der Waals surface area contributed by atoms with Crippen molar-refractivity contribution >= 4 is 28.6 Å². The van der Waals surface area contributed by atoms with E-state index in [2.05, 4.69) is 20.6 Å². The van der Waals surface area contributed by atoms with Gasteiger partial charge in [-0.15, -0.1) is 0 Å². The molecule has 0 fully saturated rings. The van der Waals surface area contributed by atoms with Crippen LogP contribution in [0.4, 0.5) is 13.2 Å². The molecule has 0 saturated carbocycles. The van der Waals surface area contributed by atoms with Crippen LogP contribution in [0.5, 0.6) is 0 Å². The minimum absolute atomic E-state index is 0.0110. The second-order valence-corrected chi connectivity index (χ2v) is 9.07. The molecule has 3 aromatic rings. The maximum Gasteiger partial charge on any atom is 0.417 e. The Bertz CT molecular complexity index is 1610. The van der Waals surface area contributed by atoms with E-state index in [1.807, 2.05) is 0 Å². The molecule has 1 aliphatic heterocycles. The number of nitrogens with one attached hydrogen (secondary N) is 2. The first-order chi connectivity index (χ1) is 17.8. The number of fused-ring (bicyclic) bond motifs is 1. The average molecular weight is 531 g/mol. The van der Waals surface area contributed by atoms with Gasteiger partial charge in [0, 0.05) is 43.7 Å². The summed E-state index contributed by atoms with van der Waals surface area (Å²) in [7, 11) is 1.43. The van der Waals surface area contributed by atoms with Gasteiger partial charge in [-0.25, -0.2) is 9.78 Å². The van der Waals surface area contributed by atoms with Crippen LogP contribution in [0.2, 0.25) is 0 Å². The summed E-state index contributed by atoms with van der Waals surface area (Å²) in [4.78, 5) is 57.8. The Labute approximate surface area is 213 Å². The number of ketones is 1. The second-order valence-electron chi connectivity index (χ2n) is 9.07. The molecule has 4 heterocycles. The van der Waals surface area contributed by atoms with Crippen LogP contribution >= 0.6 is 0 Å². The molecule has 0 spiro atoms. The number of dihydropyridines is 1. The van der Waals surface area contributed by atoms with E-state index in [0.717, 1.165) is 21.4 Å². The van der Waals surface area contributed by atoms with E-state index in [4.69, 9.17) is 0 Å². The lowest BCUT2D eigenvalue weighted by molar-refractivity contribution is -0.137. The van der Waals surface area contributed by atoms with Crippen LogP contribution in [-0.2, 0) is 35.9 Å². The Balaban J connectivity index is 1.56. The highest BCUT2D eigenvalue weighted by Crippen LogP contribution is 2.30. The molecule has 0 radical (unpaired) electrons. The molecule has 200 valence electrons. The maximum atomic E-state index is 13.1. The zero-order chi connectivity index (χ0) is 27.8. The van der Waals surface area contributed by atoms with Crippen molar-refractivity contribution in [3.8, 4) is 0 Å². The quantitative estimate of drug-likeness (QED) is 0.470. The summed E-state index contributed by atoms with van der Waals surface area (Å²) in [6, 6.07) is 0.951. The highest BCUT2D eigenvalue weighted by molar-refractivity contribution is 5.80. The largest absolute Gasteiger partial charge is 0.417 e. The molecule has 0 aliphatic carbocycles. The van der Waals surface area contributed by atoms with Gasteiger partial charge in [0.25, 0.3) is 5.56 Å². The third-order valence-electron chi connectivity index (χ3n) is 5.97. The van der Waals surface area contributed by atoms with E-state index in [1.165, 1.54) is 31.1 Å². The van der Waals surface area contributed by atoms with E-state index in [0.29, 0.717) is 5.70 Å². The van der Waals surface area contributed by atoms with Gasteiger partial charge in [-0.3, -0.25) is 28.5 Å². The van der Waals surface area contributed by atoms with Gasteiger partial charge in [0.1, 0.15) is 18.0 Å². The van der Waals surface area contributed by atoms with Gasteiger partial charge in [-0.05, 0) is 32.1 Å². The number of amides is 1. The van der Waals surface area contributed by atoms with Crippen molar-refractivity contribution < 1.29 is 22.8 Å². The molecule has 1 aliphatic rings. The van der Waals surface area contributed by atoms with Gasteiger partial charge in [-0.2, -0.15) is 13.2 Å². The van der Waals surface area contributed by atoms with Crippen molar-refractivity contribution in [1.82, 2.24) is 34.3 Å². The molecule has 1 amide bonds. The van der Waals surface area contributed by atoms with Crippen molar-refractivity contribution in [2.24, 2.45) is 7.05 Å². The number of halogens is 3. The number of hydrogen-bond acceptors (Lipinski definition) is 7. The van der Waals surface area contributed by atoms with Gasteiger partial charge in [0.2, 0.25) is 5.91 Å². The molecule has 2 N–H and O–H groups in total. The molecular formula is C24H24F3N7O4. The van der Waals surface area contributed by atoms with Crippen molar-refractivity contribution in [2.45, 2.75) is 45.2 Å². The number of hydrogen-bond donors (Lipinski definition) is 2. The SMILES string of the molecule is CC(=O)CCn1c(=O)c2c(ncn2CC(=O)NC2(C)C=CC=C(c3cncc(C(F)(F)F)c3)N2)n(C)c1=O. The number of Topliss-reactive ketones (excluding diaryl/α,β-unsaturated/α-hetero) is 1. The van der Waals surface area contributed by atoms with Gasteiger partial charge in [0.15, 0.2) is 11.2 Å². The number of aryl methyl sites for hydroxylation is 1. The number of imidazole rings is 1. The summed E-state index contributed by atoms with van der Waals surface area (Å²) < 4.78 is 42.7. The molecule has 14 heteroatoms. The fraction of sp³-hybridized carbons (Fsp3) is 0.333. The minimum Gasteiger partial charge on any atom is -0.359 e. The number of pyridine rings is 1. The Morgan fingerprint density at radius 2 is 1.95 bits per heavy atom. The molecule has 11 nitrogen and oxygen atoms in total. The van der Waals surface area contributed by atoms with Crippen LogP contribution in [0, 0.1) is 0 Å². The predicted molar refractivity (Wildman–Crippen MR) is 131 cm³/mol. The van der Waals surface area contributed by atoms with Gasteiger partial charge >= 0.3 is 11.9 Å². The Morgan fingerprint density at radius 1 is 1.21 bits per heavy atom. The Hall–Kier alpha value is -4.49. The second kappa shape index (κ2) is 9.76. The molecule has 1 unspecified atom stereocenters. The normalized spacial score (nSPS) is 17.3. The fourth-order valence-corrected chi connectivity index (χ4v) is 4.08. The highest BCUT2D eigenvalue weighted by Gasteiger charge is 2.32. The lowest BCUT2D eigenvalue weighted by Gasteiger charge is -2.33. The summed E-state index contributed by atoms with van der Waals surface area (Å²) >= 11 is 0. The number of carbonyl (C=O) groups is 2. The molecule has 4 rings (SSSR count). The van der Waals surface area contributed by atoms with E-state index in [9.17, 15) is 32.3 Å². The van der Waals surface area contributed by atoms with Crippen molar-refractivity contribution in [1.29, 1.82) is 0 Å².